The number of benzene rings is 3. The summed E-state index contributed by atoms with van der Waals surface area (Å²) in [7, 11) is 0. The Labute approximate surface area is 224 Å². The molecule has 0 aliphatic carbocycles. The molecule has 0 aliphatic heterocycles. The zero-order valence-corrected chi connectivity index (χ0v) is 21.6. The number of hydrogen-bond donors (Lipinski definition) is 2. The van der Waals surface area contributed by atoms with E-state index >= 15 is 0 Å². The lowest BCUT2D eigenvalue weighted by molar-refractivity contribution is -0.115. The molecule has 2 heterocycles. The normalized spacial score (nSPS) is 11.2. The smallest absolute Gasteiger partial charge is 0.250 e. The van der Waals surface area contributed by atoms with Crippen molar-refractivity contribution >= 4 is 57.7 Å². The van der Waals surface area contributed by atoms with E-state index in [9.17, 15) is 4.79 Å². The van der Waals surface area contributed by atoms with Gasteiger partial charge in [-0.25, -0.2) is 4.98 Å². The summed E-state index contributed by atoms with van der Waals surface area (Å²) in [6.45, 7) is 4.12. The Hall–Kier alpha value is -4.20. The summed E-state index contributed by atoms with van der Waals surface area (Å²) < 4.78 is 11.7. The van der Waals surface area contributed by atoms with Crippen molar-refractivity contribution in [1.29, 1.82) is 0 Å². The van der Waals surface area contributed by atoms with Crippen LogP contribution in [-0.4, -0.2) is 16.0 Å². The molecule has 1 amide bonds. The lowest BCUT2D eigenvalue weighted by Gasteiger charge is -2.07. The molecule has 0 atom stereocenters. The fourth-order valence-electron chi connectivity index (χ4n) is 3.69. The number of aryl methyl sites for hydroxylation is 2. The molecule has 0 aliphatic rings. The van der Waals surface area contributed by atoms with Crippen molar-refractivity contribution < 1.29 is 13.6 Å². The van der Waals surface area contributed by atoms with Gasteiger partial charge in [0.05, 0.1) is 0 Å². The first-order valence-electron chi connectivity index (χ1n) is 11.5. The maximum absolute atomic E-state index is 12.3. The number of rotatable bonds is 5. The van der Waals surface area contributed by atoms with Gasteiger partial charge in [0.15, 0.2) is 10.7 Å². The molecule has 0 spiro atoms. The molecule has 0 saturated carbocycles. The average molecular weight is 528 g/mol. The van der Waals surface area contributed by atoms with E-state index in [1.165, 1.54) is 17.2 Å². The van der Waals surface area contributed by atoms with E-state index in [0.717, 1.165) is 11.1 Å². The highest BCUT2D eigenvalue weighted by molar-refractivity contribution is 7.80. The highest BCUT2D eigenvalue weighted by Crippen LogP contribution is 2.28. The van der Waals surface area contributed by atoms with Crippen LogP contribution < -0.4 is 10.6 Å². The number of halogens is 1. The minimum absolute atomic E-state index is 0.160. The Morgan fingerprint density at radius 3 is 2.49 bits per heavy atom. The molecule has 0 radical (unpaired) electrons. The minimum Gasteiger partial charge on any atom is -0.457 e. The molecule has 0 fully saturated rings. The summed E-state index contributed by atoms with van der Waals surface area (Å²) in [4.78, 5) is 17.0. The number of aromatic nitrogens is 1. The molecular formula is C29H22ClN3O3S. The number of nitrogens with one attached hydrogen (secondary N) is 2. The number of hydrogen-bond acceptors (Lipinski definition) is 5. The number of thiocarbonyl (C=S) groups is 1. The van der Waals surface area contributed by atoms with E-state index in [4.69, 9.17) is 32.7 Å². The third-order valence-electron chi connectivity index (χ3n) is 5.79. The van der Waals surface area contributed by atoms with Crippen LogP contribution in [0.3, 0.4) is 0 Å². The number of furan rings is 1. The first-order chi connectivity index (χ1) is 17.8. The molecule has 184 valence electrons. The van der Waals surface area contributed by atoms with Gasteiger partial charge in [0, 0.05) is 27.9 Å². The van der Waals surface area contributed by atoms with Gasteiger partial charge in [-0.1, -0.05) is 17.7 Å². The lowest BCUT2D eigenvalue weighted by Crippen LogP contribution is -2.32. The number of amides is 1. The van der Waals surface area contributed by atoms with Crippen LogP contribution in [0.25, 0.3) is 40.0 Å². The molecule has 6 nitrogen and oxygen atoms in total. The number of carbonyl (C=O) groups excluding carboxylic acids is 1. The van der Waals surface area contributed by atoms with Gasteiger partial charge in [-0.2, -0.15) is 0 Å². The average Bonchev–Trinajstić information content (AvgIpc) is 3.52. The predicted octanol–water partition coefficient (Wildman–Crippen LogP) is 7.55. The van der Waals surface area contributed by atoms with Crippen LogP contribution in [-0.2, 0) is 4.79 Å². The van der Waals surface area contributed by atoms with E-state index in [2.05, 4.69) is 35.5 Å². The summed E-state index contributed by atoms with van der Waals surface area (Å²) in [5.74, 6) is 1.38. The van der Waals surface area contributed by atoms with Crippen molar-refractivity contribution in [2.24, 2.45) is 0 Å². The van der Waals surface area contributed by atoms with E-state index in [1.807, 2.05) is 48.5 Å². The third-order valence-corrected chi connectivity index (χ3v) is 6.25. The molecule has 5 aromatic rings. The van der Waals surface area contributed by atoms with Crippen molar-refractivity contribution in [3.63, 3.8) is 0 Å². The maximum atomic E-state index is 12.3. The van der Waals surface area contributed by atoms with Crippen molar-refractivity contribution in [2.75, 3.05) is 5.32 Å². The Morgan fingerprint density at radius 1 is 0.919 bits per heavy atom. The van der Waals surface area contributed by atoms with Crippen LogP contribution >= 0.6 is 23.8 Å². The Bertz CT molecular complexity index is 1650. The Morgan fingerprint density at radius 2 is 1.70 bits per heavy atom. The molecule has 8 heteroatoms. The molecule has 0 unspecified atom stereocenters. The van der Waals surface area contributed by atoms with Crippen LogP contribution in [0.15, 0.2) is 87.7 Å². The van der Waals surface area contributed by atoms with Gasteiger partial charge < -0.3 is 14.2 Å². The lowest BCUT2D eigenvalue weighted by atomic mass is 10.1. The minimum atomic E-state index is -0.388. The van der Waals surface area contributed by atoms with Crippen LogP contribution in [0.4, 0.5) is 5.69 Å². The molecular weight excluding hydrogens is 506 g/mol. The van der Waals surface area contributed by atoms with Crippen molar-refractivity contribution in [3.05, 3.63) is 101 Å². The van der Waals surface area contributed by atoms with Crippen molar-refractivity contribution in [3.8, 4) is 22.8 Å². The Balaban J connectivity index is 1.20. The summed E-state index contributed by atoms with van der Waals surface area (Å²) in [6, 6.07) is 22.5. The molecule has 2 aromatic heterocycles. The number of carbonyl (C=O) groups is 1. The fraction of sp³-hybridized carbons (Fsp3) is 0.0690. The quantitative estimate of drug-likeness (QED) is 0.181. The van der Waals surface area contributed by atoms with Crippen LogP contribution in [0.5, 0.6) is 0 Å². The van der Waals surface area contributed by atoms with Gasteiger partial charge in [-0.3, -0.25) is 10.1 Å². The summed E-state index contributed by atoms with van der Waals surface area (Å²) >= 11 is 11.2. The highest BCUT2D eigenvalue weighted by Gasteiger charge is 2.11. The SMILES string of the molecule is Cc1ccc(-c2nc3cc(NC(=S)NC(=O)C=Cc4ccc(-c5ccc(Cl)cc5)o4)ccc3o2)cc1C. The van der Waals surface area contributed by atoms with Gasteiger partial charge in [0.1, 0.15) is 17.0 Å². The van der Waals surface area contributed by atoms with Gasteiger partial charge in [-0.05, 0) is 110 Å². The molecule has 37 heavy (non-hydrogen) atoms. The highest BCUT2D eigenvalue weighted by atomic mass is 35.5. The Kier molecular flexibility index (Phi) is 6.90. The van der Waals surface area contributed by atoms with Crippen LogP contribution in [0.1, 0.15) is 16.9 Å². The summed E-state index contributed by atoms with van der Waals surface area (Å²) in [5, 5.41) is 6.45. The largest absolute Gasteiger partial charge is 0.457 e. The van der Waals surface area contributed by atoms with Crippen LogP contribution in [0, 0.1) is 13.8 Å². The van der Waals surface area contributed by atoms with E-state index in [1.54, 1.807) is 24.3 Å². The third kappa shape index (κ3) is 5.80. The topological polar surface area (TPSA) is 80.3 Å². The van der Waals surface area contributed by atoms with E-state index in [0.29, 0.717) is 39.2 Å². The second kappa shape index (κ2) is 10.4. The summed E-state index contributed by atoms with van der Waals surface area (Å²) in [6.07, 6.45) is 2.93. The number of anilines is 1. The molecule has 0 saturated heterocycles. The zero-order chi connectivity index (χ0) is 25.9. The van der Waals surface area contributed by atoms with Crippen LogP contribution in [0.2, 0.25) is 5.02 Å². The predicted molar refractivity (Wildman–Crippen MR) is 151 cm³/mol. The van der Waals surface area contributed by atoms with E-state index < -0.39 is 0 Å². The monoisotopic (exact) mass is 527 g/mol. The number of nitrogens with zero attached hydrogens (tertiary/aromatic N) is 1. The van der Waals surface area contributed by atoms with Gasteiger partial charge in [0.25, 0.3) is 0 Å². The van der Waals surface area contributed by atoms with Gasteiger partial charge in [0.2, 0.25) is 11.8 Å². The maximum Gasteiger partial charge on any atom is 0.250 e. The van der Waals surface area contributed by atoms with Gasteiger partial charge in [-0.15, -0.1) is 0 Å². The second-order valence-corrected chi connectivity index (χ2v) is 9.33. The molecule has 3 aromatic carbocycles. The zero-order valence-electron chi connectivity index (χ0n) is 20.0. The van der Waals surface area contributed by atoms with Crippen molar-refractivity contribution in [2.45, 2.75) is 13.8 Å². The number of oxazole rings is 1. The van der Waals surface area contributed by atoms with Crippen molar-refractivity contribution in [1.82, 2.24) is 10.3 Å². The first-order valence-corrected chi connectivity index (χ1v) is 12.3. The second-order valence-electron chi connectivity index (χ2n) is 8.49. The summed E-state index contributed by atoms with van der Waals surface area (Å²) in [5.41, 5.74) is 6.22. The van der Waals surface area contributed by atoms with Gasteiger partial charge >= 0.3 is 0 Å². The number of fused-ring (bicyclic) bond motifs is 1. The fourth-order valence-corrected chi connectivity index (χ4v) is 4.03. The molecule has 5 rings (SSSR count). The standard InChI is InChI=1S/C29H22ClN3O3S/c1-17-3-4-20(15-18(17)2)28-32-24-16-22(9-12-26(24)36-28)31-29(37)33-27(34)14-11-23-10-13-25(35-23)19-5-7-21(30)8-6-19/h3-16H,1-2H3,(H2,31,33,34,37). The molecule has 2 N–H and O–H groups in total. The molecule has 0 bridgehead atoms. The first kappa shape index (κ1) is 24.5. The van der Waals surface area contributed by atoms with E-state index in [-0.39, 0.29) is 11.0 Å².